The van der Waals surface area contributed by atoms with E-state index in [0.29, 0.717) is 0 Å². The van der Waals surface area contributed by atoms with Crippen LogP contribution in [0.25, 0.3) is 0 Å². The van der Waals surface area contributed by atoms with Crippen LogP contribution < -0.4 is 4.90 Å². The van der Waals surface area contributed by atoms with Gasteiger partial charge in [-0.25, -0.2) is 4.79 Å². The van der Waals surface area contributed by atoms with Crippen molar-refractivity contribution in [2.75, 3.05) is 18.6 Å². The number of nitrogens with zero attached hydrogens (tertiary/aromatic N) is 1. The van der Waals surface area contributed by atoms with E-state index in [4.69, 9.17) is 4.74 Å². The van der Waals surface area contributed by atoms with Crippen molar-refractivity contribution in [1.82, 2.24) is 0 Å². The third-order valence-electron chi connectivity index (χ3n) is 3.38. The van der Waals surface area contributed by atoms with Crippen molar-refractivity contribution in [3.63, 3.8) is 0 Å². The van der Waals surface area contributed by atoms with E-state index < -0.39 is 0 Å². The predicted molar refractivity (Wildman–Crippen MR) is 63.7 cm³/mol. The SMILES string of the molecule is COC(=O)C1CCN1c1cccc(C)c1C. The molecule has 0 N–H and O–H groups in total. The highest BCUT2D eigenvalue weighted by Crippen LogP contribution is 2.31. The number of hydrogen-bond acceptors (Lipinski definition) is 3. The van der Waals surface area contributed by atoms with Gasteiger partial charge >= 0.3 is 5.97 Å². The van der Waals surface area contributed by atoms with Gasteiger partial charge in [-0.3, -0.25) is 0 Å². The molecule has 1 atom stereocenters. The molecule has 1 aromatic carbocycles. The van der Waals surface area contributed by atoms with E-state index >= 15 is 0 Å². The lowest BCUT2D eigenvalue weighted by molar-refractivity contribution is -0.143. The molecule has 0 radical (unpaired) electrons. The maximum atomic E-state index is 11.5. The van der Waals surface area contributed by atoms with Gasteiger partial charge in [0.2, 0.25) is 0 Å². The van der Waals surface area contributed by atoms with Crippen molar-refractivity contribution < 1.29 is 9.53 Å². The second-order valence-electron chi connectivity index (χ2n) is 4.24. The normalized spacial score (nSPS) is 19.2. The second-order valence-corrected chi connectivity index (χ2v) is 4.24. The van der Waals surface area contributed by atoms with Crippen LogP contribution in [-0.2, 0) is 9.53 Å². The molecule has 86 valence electrons. The molecule has 0 aromatic heterocycles. The zero-order valence-corrected chi connectivity index (χ0v) is 9.99. The minimum Gasteiger partial charge on any atom is -0.467 e. The van der Waals surface area contributed by atoms with E-state index in [2.05, 4.69) is 30.9 Å². The fourth-order valence-corrected chi connectivity index (χ4v) is 2.10. The highest BCUT2D eigenvalue weighted by molar-refractivity contribution is 5.82. The second kappa shape index (κ2) is 4.16. The predicted octanol–water partition coefficient (Wildman–Crippen LogP) is 2.06. The van der Waals surface area contributed by atoms with Crippen LogP contribution >= 0.6 is 0 Å². The zero-order chi connectivity index (χ0) is 11.7. The van der Waals surface area contributed by atoms with E-state index in [-0.39, 0.29) is 12.0 Å². The van der Waals surface area contributed by atoms with Gasteiger partial charge in [-0.05, 0) is 37.5 Å². The number of carbonyl (C=O) groups excluding carboxylic acids is 1. The monoisotopic (exact) mass is 219 g/mol. The van der Waals surface area contributed by atoms with Crippen molar-refractivity contribution in [1.29, 1.82) is 0 Å². The summed E-state index contributed by atoms with van der Waals surface area (Å²) in [6.45, 7) is 5.12. The molecule has 16 heavy (non-hydrogen) atoms. The molecule has 1 unspecified atom stereocenters. The maximum absolute atomic E-state index is 11.5. The Morgan fingerprint density at radius 1 is 1.44 bits per heavy atom. The molecule has 0 bridgehead atoms. The molecule has 0 spiro atoms. The molecular weight excluding hydrogens is 202 g/mol. The minimum absolute atomic E-state index is 0.0921. The maximum Gasteiger partial charge on any atom is 0.328 e. The van der Waals surface area contributed by atoms with E-state index in [1.807, 2.05) is 6.07 Å². The van der Waals surface area contributed by atoms with Gasteiger partial charge in [-0.2, -0.15) is 0 Å². The number of hydrogen-bond donors (Lipinski definition) is 0. The summed E-state index contributed by atoms with van der Waals surface area (Å²) in [4.78, 5) is 13.6. The zero-order valence-electron chi connectivity index (χ0n) is 9.99. The van der Waals surface area contributed by atoms with Gasteiger partial charge in [0, 0.05) is 12.2 Å². The van der Waals surface area contributed by atoms with Gasteiger partial charge in [0.15, 0.2) is 0 Å². The molecule has 1 aliphatic rings. The van der Waals surface area contributed by atoms with Gasteiger partial charge in [0.25, 0.3) is 0 Å². The van der Waals surface area contributed by atoms with Gasteiger partial charge in [0.05, 0.1) is 7.11 Å². The molecule has 1 aromatic rings. The highest BCUT2D eigenvalue weighted by atomic mass is 16.5. The number of methoxy groups -OCH3 is 1. The quantitative estimate of drug-likeness (QED) is 0.713. The fraction of sp³-hybridized carbons (Fsp3) is 0.462. The van der Waals surface area contributed by atoms with Crippen LogP contribution in [0.2, 0.25) is 0 Å². The van der Waals surface area contributed by atoms with Crippen LogP contribution in [0.4, 0.5) is 5.69 Å². The largest absolute Gasteiger partial charge is 0.467 e. The number of carbonyl (C=O) groups is 1. The summed E-state index contributed by atoms with van der Waals surface area (Å²) in [5.74, 6) is -0.132. The van der Waals surface area contributed by atoms with E-state index in [1.165, 1.54) is 18.2 Å². The van der Waals surface area contributed by atoms with Crippen molar-refractivity contribution >= 4 is 11.7 Å². The standard InChI is InChI=1S/C13H17NO2/c1-9-5-4-6-11(10(9)2)14-8-7-12(14)13(15)16-3/h4-6,12H,7-8H2,1-3H3. The average Bonchev–Trinajstić information content (AvgIpc) is 2.23. The number of anilines is 1. The van der Waals surface area contributed by atoms with Crippen molar-refractivity contribution in [2.45, 2.75) is 26.3 Å². The number of ether oxygens (including phenoxy) is 1. The smallest absolute Gasteiger partial charge is 0.328 e. The Labute approximate surface area is 96.0 Å². The fourth-order valence-electron chi connectivity index (χ4n) is 2.10. The number of benzene rings is 1. The summed E-state index contributed by atoms with van der Waals surface area (Å²) in [6.07, 6.45) is 0.889. The van der Waals surface area contributed by atoms with Gasteiger partial charge in [-0.1, -0.05) is 12.1 Å². The molecule has 1 fully saturated rings. The lowest BCUT2D eigenvalue weighted by Gasteiger charge is -2.41. The van der Waals surface area contributed by atoms with Gasteiger partial charge in [-0.15, -0.1) is 0 Å². The van der Waals surface area contributed by atoms with Crippen molar-refractivity contribution in [2.24, 2.45) is 0 Å². The lowest BCUT2D eigenvalue weighted by atomic mass is 9.98. The van der Waals surface area contributed by atoms with Crippen LogP contribution in [0.3, 0.4) is 0 Å². The number of esters is 1. The summed E-state index contributed by atoms with van der Waals surface area (Å²) in [5.41, 5.74) is 3.66. The lowest BCUT2D eigenvalue weighted by Crippen LogP contribution is -2.53. The summed E-state index contributed by atoms with van der Waals surface area (Å²) in [5, 5.41) is 0. The molecule has 3 nitrogen and oxygen atoms in total. The number of rotatable bonds is 2. The molecule has 1 saturated heterocycles. The topological polar surface area (TPSA) is 29.5 Å². The van der Waals surface area contributed by atoms with Crippen LogP contribution in [0.15, 0.2) is 18.2 Å². The first-order valence-electron chi connectivity index (χ1n) is 5.56. The molecular formula is C13H17NO2. The first-order valence-corrected chi connectivity index (χ1v) is 5.56. The highest BCUT2D eigenvalue weighted by Gasteiger charge is 2.35. The molecule has 1 aliphatic heterocycles. The minimum atomic E-state index is -0.132. The third-order valence-corrected chi connectivity index (χ3v) is 3.38. The van der Waals surface area contributed by atoms with E-state index in [0.717, 1.165) is 18.7 Å². The Kier molecular flexibility index (Phi) is 2.86. The molecule has 0 amide bonds. The molecule has 0 saturated carbocycles. The Morgan fingerprint density at radius 2 is 2.19 bits per heavy atom. The summed E-state index contributed by atoms with van der Waals surface area (Å²) in [6, 6.07) is 6.10. The number of aryl methyl sites for hydroxylation is 1. The first kappa shape index (κ1) is 11.0. The van der Waals surface area contributed by atoms with Crippen molar-refractivity contribution in [3.8, 4) is 0 Å². The average molecular weight is 219 g/mol. The summed E-state index contributed by atoms with van der Waals surface area (Å²) < 4.78 is 4.80. The molecule has 2 rings (SSSR count). The van der Waals surface area contributed by atoms with Gasteiger partial charge < -0.3 is 9.64 Å². The first-order chi connectivity index (χ1) is 7.65. The van der Waals surface area contributed by atoms with Crippen LogP contribution in [0, 0.1) is 13.8 Å². The van der Waals surface area contributed by atoms with E-state index in [9.17, 15) is 4.79 Å². The van der Waals surface area contributed by atoms with E-state index in [1.54, 1.807) is 0 Å². The molecule has 1 heterocycles. The van der Waals surface area contributed by atoms with Gasteiger partial charge in [0.1, 0.15) is 6.04 Å². The van der Waals surface area contributed by atoms with Crippen LogP contribution in [0.5, 0.6) is 0 Å². The van der Waals surface area contributed by atoms with Crippen LogP contribution in [0.1, 0.15) is 17.5 Å². The van der Waals surface area contributed by atoms with Crippen LogP contribution in [-0.4, -0.2) is 25.7 Å². The Hall–Kier alpha value is -1.51. The molecule has 3 heteroatoms. The Morgan fingerprint density at radius 3 is 2.75 bits per heavy atom. The third kappa shape index (κ3) is 1.66. The molecule has 0 aliphatic carbocycles. The Bertz CT molecular complexity index is 414. The Balaban J connectivity index is 2.25. The summed E-state index contributed by atoms with van der Waals surface area (Å²) in [7, 11) is 1.45. The summed E-state index contributed by atoms with van der Waals surface area (Å²) >= 11 is 0. The van der Waals surface area contributed by atoms with Crippen molar-refractivity contribution in [3.05, 3.63) is 29.3 Å².